The molecule has 3 rings (SSSR count). The molecule has 0 atom stereocenters. The van der Waals surface area contributed by atoms with E-state index in [1.54, 1.807) is 18.2 Å². The van der Waals surface area contributed by atoms with Crippen molar-refractivity contribution in [2.24, 2.45) is 0 Å². The molecule has 0 saturated heterocycles. The van der Waals surface area contributed by atoms with Gasteiger partial charge in [-0.2, -0.15) is 0 Å². The molecule has 6 heteroatoms. The van der Waals surface area contributed by atoms with Gasteiger partial charge in [-0.15, -0.1) is 10.2 Å². The molecular formula is C21H22N4O2. The fraction of sp³-hybridized carbons (Fsp3) is 0.190. The second-order valence-corrected chi connectivity index (χ2v) is 6.44. The molecule has 2 N–H and O–H groups in total. The number of nitrogens with one attached hydrogen (secondary N) is 2. The molecule has 1 amide bonds. The molecule has 6 nitrogen and oxygen atoms in total. The van der Waals surface area contributed by atoms with E-state index in [-0.39, 0.29) is 12.0 Å². The maximum Gasteiger partial charge on any atom is 0.256 e. The standard InChI is InChI=1S/C21H22N4O2/c1-14(2)27-18-9-7-17(8-10-18)22-19-11-12-20(25-24-19)23-21(26)16-6-4-5-15(3)13-16/h4-14H,1-3H3,(H,22,24)(H,23,25,26). The Balaban J connectivity index is 1.61. The summed E-state index contributed by atoms with van der Waals surface area (Å²) < 4.78 is 5.62. The molecule has 0 saturated carbocycles. The van der Waals surface area contributed by atoms with E-state index in [2.05, 4.69) is 20.8 Å². The Morgan fingerprint density at radius 3 is 2.30 bits per heavy atom. The Bertz CT molecular complexity index is 906. The van der Waals surface area contributed by atoms with Crippen molar-refractivity contribution < 1.29 is 9.53 Å². The molecule has 0 fully saturated rings. The van der Waals surface area contributed by atoms with E-state index in [1.165, 1.54) is 0 Å². The van der Waals surface area contributed by atoms with Crippen LogP contribution in [0.1, 0.15) is 29.8 Å². The van der Waals surface area contributed by atoms with Crippen LogP contribution in [0.3, 0.4) is 0 Å². The quantitative estimate of drug-likeness (QED) is 0.672. The van der Waals surface area contributed by atoms with Crippen LogP contribution in [0.4, 0.5) is 17.3 Å². The lowest BCUT2D eigenvalue weighted by Gasteiger charge is -2.11. The highest BCUT2D eigenvalue weighted by molar-refractivity contribution is 6.03. The van der Waals surface area contributed by atoms with Crippen molar-refractivity contribution >= 4 is 23.2 Å². The third-order valence-corrected chi connectivity index (χ3v) is 3.68. The number of benzene rings is 2. The molecule has 0 aliphatic rings. The summed E-state index contributed by atoms with van der Waals surface area (Å²) in [6.07, 6.45) is 0.136. The number of carbonyl (C=O) groups excluding carboxylic acids is 1. The lowest BCUT2D eigenvalue weighted by atomic mass is 10.1. The number of ether oxygens (including phenoxy) is 1. The lowest BCUT2D eigenvalue weighted by Crippen LogP contribution is -2.13. The maximum absolute atomic E-state index is 12.2. The van der Waals surface area contributed by atoms with Crippen LogP contribution in [0.25, 0.3) is 0 Å². The average molecular weight is 362 g/mol. The zero-order chi connectivity index (χ0) is 19.2. The van der Waals surface area contributed by atoms with Crippen LogP contribution < -0.4 is 15.4 Å². The predicted octanol–water partition coefficient (Wildman–Crippen LogP) is 4.57. The normalized spacial score (nSPS) is 10.5. The summed E-state index contributed by atoms with van der Waals surface area (Å²) in [5.41, 5.74) is 2.48. The topological polar surface area (TPSA) is 76.1 Å². The van der Waals surface area contributed by atoms with Crippen LogP contribution in [0.2, 0.25) is 0 Å². The van der Waals surface area contributed by atoms with E-state index in [1.807, 2.05) is 63.2 Å². The highest BCUT2D eigenvalue weighted by atomic mass is 16.5. The Labute approximate surface area is 158 Å². The first-order valence-corrected chi connectivity index (χ1v) is 8.75. The molecule has 0 aliphatic heterocycles. The van der Waals surface area contributed by atoms with Gasteiger partial charge < -0.3 is 15.4 Å². The fourth-order valence-corrected chi connectivity index (χ4v) is 2.48. The van der Waals surface area contributed by atoms with Crippen molar-refractivity contribution in [2.75, 3.05) is 10.6 Å². The van der Waals surface area contributed by atoms with Gasteiger partial charge in [-0.05, 0) is 69.3 Å². The summed E-state index contributed by atoms with van der Waals surface area (Å²) in [6, 6.07) is 18.5. The number of hydrogen-bond donors (Lipinski definition) is 2. The van der Waals surface area contributed by atoms with E-state index in [9.17, 15) is 4.79 Å². The molecule has 27 heavy (non-hydrogen) atoms. The average Bonchev–Trinajstić information content (AvgIpc) is 2.64. The Morgan fingerprint density at radius 2 is 1.67 bits per heavy atom. The van der Waals surface area contributed by atoms with E-state index < -0.39 is 0 Å². The number of hydrogen-bond acceptors (Lipinski definition) is 5. The monoisotopic (exact) mass is 362 g/mol. The molecule has 0 bridgehead atoms. The molecular weight excluding hydrogens is 340 g/mol. The van der Waals surface area contributed by atoms with Crippen molar-refractivity contribution in [3.8, 4) is 5.75 Å². The fourth-order valence-electron chi connectivity index (χ4n) is 2.48. The van der Waals surface area contributed by atoms with Gasteiger partial charge in [0.15, 0.2) is 11.6 Å². The van der Waals surface area contributed by atoms with E-state index in [0.29, 0.717) is 17.2 Å². The number of nitrogens with zero attached hydrogens (tertiary/aromatic N) is 2. The molecule has 2 aromatic carbocycles. The summed E-state index contributed by atoms with van der Waals surface area (Å²) in [4.78, 5) is 12.2. The number of carbonyl (C=O) groups is 1. The molecule has 0 radical (unpaired) electrons. The van der Waals surface area contributed by atoms with E-state index in [4.69, 9.17) is 4.74 Å². The third-order valence-electron chi connectivity index (χ3n) is 3.68. The van der Waals surface area contributed by atoms with Gasteiger partial charge in [0.25, 0.3) is 5.91 Å². The summed E-state index contributed by atoms with van der Waals surface area (Å²) in [5, 5.41) is 14.1. The van der Waals surface area contributed by atoms with Gasteiger partial charge in [-0.3, -0.25) is 4.79 Å². The highest BCUT2D eigenvalue weighted by Gasteiger charge is 2.07. The number of rotatable bonds is 6. The van der Waals surface area contributed by atoms with Crippen molar-refractivity contribution in [1.82, 2.24) is 10.2 Å². The van der Waals surface area contributed by atoms with Gasteiger partial charge in [0.1, 0.15) is 5.75 Å². The van der Waals surface area contributed by atoms with Crippen LogP contribution in [0, 0.1) is 6.92 Å². The zero-order valence-electron chi connectivity index (χ0n) is 15.6. The first-order valence-electron chi connectivity index (χ1n) is 8.75. The zero-order valence-corrected chi connectivity index (χ0v) is 15.6. The minimum Gasteiger partial charge on any atom is -0.491 e. The predicted molar refractivity (Wildman–Crippen MR) is 107 cm³/mol. The summed E-state index contributed by atoms with van der Waals surface area (Å²) in [6.45, 7) is 5.92. The molecule has 1 aromatic heterocycles. The van der Waals surface area contributed by atoms with Gasteiger partial charge >= 0.3 is 0 Å². The summed E-state index contributed by atoms with van der Waals surface area (Å²) in [7, 11) is 0. The van der Waals surface area contributed by atoms with Crippen molar-refractivity contribution in [1.29, 1.82) is 0 Å². The molecule has 0 spiro atoms. The lowest BCUT2D eigenvalue weighted by molar-refractivity contribution is 0.102. The first-order chi connectivity index (χ1) is 13.0. The second-order valence-electron chi connectivity index (χ2n) is 6.44. The number of aromatic nitrogens is 2. The van der Waals surface area contributed by atoms with Crippen LogP contribution in [-0.2, 0) is 0 Å². The number of amides is 1. The molecule has 3 aromatic rings. The summed E-state index contributed by atoms with van der Waals surface area (Å²) in [5.74, 6) is 1.58. The minimum atomic E-state index is -0.213. The molecule has 138 valence electrons. The maximum atomic E-state index is 12.2. The van der Waals surface area contributed by atoms with E-state index in [0.717, 1.165) is 17.0 Å². The second kappa shape index (κ2) is 8.31. The SMILES string of the molecule is Cc1cccc(C(=O)Nc2ccc(Nc3ccc(OC(C)C)cc3)nn2)c1. The number of aryl methyl sites for hydroxylation is 1. The Morgan fingerprint density at radius 1 is 0.963 bits per heavy atom. The van der Waals surface area contributed by atoms with Gasteiger partial charge in [-0.25, -0.2) is 0 Å². The minimum absolute atomic E-state index is 0.136. The van der Waals surface area contributed by atoms with Crippen LogP contribution in [0.5, 0.6) is 5.75 Å². The van der Waals surface area contributed by atoms with Crippen LogP contribution >= 0.6 is 0 Å². The van der Waals surface area contributed by atoms with Crippen LogP contribution in [-0.4, -0.2) is 22.2 Å². The van der Waals surface area contributed by atoms with Gasteiger partial charge in [-0.1, -0.05) is 17.7 Å². The van der Waals surface area contributed by atoms with Gasteiger partial charge in [0, 0.05) is 11.3 Å². The van der Waals surface area contributed by atoms with Gasteiger partial charge in [0.05, 0.1) is 6.10 Å². The molecule has 1 heterocycles. The van der Waals surface area contributed by atoms with E-state index >= 15 is 0 Å². The Kier molecular flexibility index (Phi) is 5.66. The highest BCUT2D eigenvalue weighted by Crippen LogP contribution is 2.20. The largest absolute Gasteiger partial charge is 0.491 e. The van der Waals surface area contributed by atoms with Crippen molar-refractivity contribution in [3.05, 3.63) is 71.8 Å². The van der Waals surface area contributed by atoms with Gasteiger partial charge in [0.2, 0.25) is 0 Å². The molecule has 0 unspecified atom stereocenters. The van der Waals surface area contributed by atoms with Crippen LogP contribution in [0.15, 0.2) is 60.7 Å². The summed E-state index contributed by atoms with van der Waals surface area (Å²) >= 11 is 0. The third kappa shape index (κ3) is 5.28. The Hall–Kier alpha value is -3.41. The smallest absolute Gasteiger partial charge is 0.256 e. The number of anilines is 3. The molecule has 0 aliphatic carbocycles. The first kappa shape index (κ1) is 18.4. The van der Waals surface area contributed by atoms with Crippen molar-refractivity contribution in [2.45, 2.75) is 26.9 Å². The van der Waals surface area contributed by atoms with Crippen molar-refractivity contribution in [3.63, 3.8) is 0 Å².